The van der Waals surface area contributed by atoms with Crippen molar-refractivity contribution in [1.82, 2.24) is 0 Å². The molecule has 0 aliphatic heterocycles. The summed E-state index contributed by atoms with van der Waals surface area (Å²) < 4.78 is 12.6. The zero-order valence-electron chi connectivity index (χ0n) is 7.63. The number of aliphatic hydroxyl groups excluding tert-OH is 1. The molecule has 0 amide bonds. The Morgan fingerprint density at radius 1 is 1.64 bits per heavy atom. The molecule has 0 saturated heterocycles. The highest BCUT2D eigenvalue weighted by molar-refractivity contribution is 6.31. The van der Waals surface area contributed by atoms with Crippen LogP contribution in [0, 0.1) is 5.82 Å². The predicted octanol–water partition coefficient (Wildman–Crippen LogP) is 1.97. The fraction of sp³-hybridized carbons (Fsp3) is 0.300. The molecule has 14 heavy (non-hydrogen) atoms. The summed E-state index contributed by atoms with van der Waals surface area (Å²) in [6.45, 7) is 1.39. The number of hydrogen-bond donors (Lipinski definition) is 1. The topological polar surface area (TPSA) is 37.3 Å². The lowest BCUT2D eigenvalue weighted by atomic mass is 10.1. The summed E-state index contributed by atoms with van der Waals surface area (Å²) in [6.07, 6.45) is -0.993. The molecule has 0 spiro atoms. The summed E-state index contributed by atoms with van der Waals surface area (Å²) in [6, 6.07) is 3.82. The monoisotopic (exact) mass is 216 g/mol. The quantitative estimate of drug-likeness (QED) is 0.839. The van der Waals surface area contributed by atoms with Gasteiger partial charge in [0.15, 0.2) is 5.78 Å². The summed E-state index contributed by atoms with van der Waals surface area (Å²) in [5, 5.41) is 9.17. The van der Waals surface area contributed by atoms with Gasteiger partial charge in [0.1, 0.15) is 11.9 Å². The molecule has 0 aliphatic carbocycles. The third-order valence-corrected chi connectivity index (χ3v) is 2.20. The van der Waals surface area contributed by atoms with Crippen molar-refractivity contribution >= 4 is 17.4 Å². The fourth-order valence-corrected chi connectivity index (χ4v) is 1.23. The summed E-state index contributed by atoms with van der Waals surface area (Å²) in [5.41, 5.74) is 0.527. The normalized spacial score (nSPS) is 12.6. The Labute approximate surface area is 86.3 Å². The van der Waals surface area contributed by atoms with E-state index < -0.39 is 11.9 Å². The molecule has 0 aromatic heterocycles. The van der Waals surface area contributed by atoms with Gasteiger partial charge in [-0.05, 0) is 24.6 Å². The Balaban J connectivity index is 2.82. The zero-order chi connectivity index (χ0) is 10.7. The van der Waals surface area contributed by atoms with Gasteiger partial charge in [-0.25, -0.2) is 4.39 Å². The van der Waals surface area contributed by atoms with Gasteiger partial charge in [0.25, 0.3) is 0 Å². The Bertz CT molecular complexity index is 350. The van der Waals surface area contributed by atoms with Crippen LogP contribution in [0.4, 0.5) is 4.39 Å². The smallest absolute Gasteiger partial charge is 0.165 e. The molecule has 1 N–H and O–H groups in total. The summed E-state index contributed by atoms with van der Waals surface area (Å²) >= 11 is 5.70. The number of rotatable bonds is 3. The van der Waals surface area contributed by atoms with Crippen molar-refractivity contribution in [2.45, 2.75) is 19.4 Å². The van der Waals surface area contributed by atoms with E-state index in [0.29, 0.717) is 5.56 Å². The molecule has 1 atom stereocenters. The van der Waals surface area contributed by atoms with Crippen LogP contribution in [0.3, 0.4) is 0 Å². The minimum Gasteiger partial charge on any atom is -0.386 e. The molecule has 1 aromatic carbocycles. The molecular weight excluding hydrogens is 207 g/mol. The molecule has 76 valence electrons. The van der Waals surface area contributed by atoms with Gasteiger partial charge in [0, 0.05) is 11.4 Å². The van der Waals surface area contributed by atoms with E-state index in [1.165, 1.54) is 19.1 Å². The van der Waals surface area contributed by atoms with Gasteiger partial charge >= 0.3 is 0 Å². The van der Waals surface area contributed by atoms with Crippen LogP contribution < -0.4 is 0 Å². The molecule has 0 saturated carbocycles. The van der Waals surface area contributed by atoms with Crippen LogP contribution in [0.25, 0.3) is 0 Å². The highest BCUT2D eigenvalue weighted by atomic mass is 35.5. The maximum atomic E-state index is 12.6. The van der Waals surface area contributed by atoms with Gasteiger partial charge in [-0.2, -0.15) is 0 Å². The summed E-state index contributed by atoms with van der Waals surface area (Å²) in [7, 11) is 0. The van der Waals surface area contributed by atoms with Gasteiger partial charge in [-0.1, -0.05) is 17.7 Å². The number of carbonyl (C=O) groups excluding carboxylic acids is 1. The van der Waals surface area contributed by atoms with E-state index in [1.54, 1.807) is 0 Å². The molecule has 0 fully saturated rings. The van der Waals surface area contributed by atoms with Crippen LogP contribution in [0.2, 0.25) is 5.02 Å². The van der Waals surface area contributed by atoms with E-state index in [-0.39, 0.29) is 17.2 Å². The van der Waals surface area contributed by atoms with Gasteiger partial charge < -0.3 is 5.11 Å². The number of hydrogen-bond acceptors (Lipinski definition) is 2. The Kier molecular flexibility index (Phi) is 3.61. The minimum atomic E-state index is -1.02. The first kappa shape index (κ1) is 11.1. The van der Waals surface area contributed by atoms with E-state index >= 15 is 0 Å². The van der Waals surface area contributed by atoms with Crippen molar-refractivity contribution in [3.63, 3.8) is 0 Å². The van der Waals surface area contributed by atoms with Gasteiger partial charge in [-0.3, -0.25) is 4.79 Å². The van der Waals surface area contributed by atoms with Crippen LogP contribution in [-0.4, -0.2) is 17.0 Å². The van der Waals surface area contributed by atoms with E-state index in [4.69, 9.17) is 16.7 Å². The number of benzene rings is 1. The van der Waals surface area contributed by atoms with Gasteiger partial charge in [0.2, 0.25) is 0 Å². The lowest BCUT2D eigenvalue weighted by molar-refractivity contribution is -0.125. The standard InChI is InChI=1S/C10H10ClFO2/c1-6(13)10(14)4-7-2-3-8(12)5-9(7)11/h2-3,5-6,13H,4H2,1H3. The first-order chi connectivity index (χ1) is 6.50. The first-order valence-corrected chi connectivity index (χ1v) is 4.53. The number of aliphatic hydroxyl groups is 1. The number of ketones is 1. The molecule has 1 unspecified atom stereocenters. The van der Waals surface area contributed by atoms with Crippen LogP contribution in [0.15, 0.2) is 18.2 Å². The molecule has 0 bridgehead atoms. The molecule has 1 aromatic rings. The van der Waals surface area contributed by atoms with Crippen LogP contribution in [0.1, 0.15) is 12.5 Å². The largest absolute Gasteiger partial charge is 0.386 e. The van der Waals surface area contributed by atoms with Crippen molar-refractivity contribution < 1.29 is 14.3 Å². The van der Waals surface area contributed by atoms with Crippen molar-refractivity contribution in [3.05, 3.63) is 34.6 Å². The van der Waals surface area contributed by atoms with Crippen molar-refractivity contribution in [1.29, 1.82) is 0 Å². The predicted molar refractivity (Wildman–Crippen MR) is 51.8 cm³/mol. The second-order valence-corrected chi connectivity index (χ2v) is 3.46. The number of Topliss-reactive ketones (excluding diaryl/α,β-unsaturated/α-hetero) is 1. The Hall–Kier alpha value is -0.930. The molecule has 0 aliphatic rings. The Morgan fingerprint density at radius 3 is 2.79 bits per heavy atom. The van der Waals surface area contributed by atoms with Crippen molar-refractivity contribution in [2.75, 3.05) is 0 Å². The van der Waals surface area contributed by atoms with E-state index in [2.05, 4.69) is 0 Å². The molecule has 2 nitrogen and oxygen atoms in total. The second kappa shape index (κ2) is 4.53. The molecule has 0 radical (unpaired) electrons. The number of halogens is 2. The third kappa shape index (κ3) is 2.79. The van der Waals surface area contributed by atoms with E-state index in [1.807, 2.05) is 0 Å². The average molecular weight is 217 g/mol. The Morgan fingerprint density at radius 2 is 2.29 bits per heavy atom. The molecule has 1 rings (SSSR count). The summed E-state index contributed by atoms with van der Waals surface area (Å²) in [5.74, 6) is -0.776. The number of carbonyl (C=O) groups is 1. The van der Waals surface area contributed by atoms with Crippen molar-refractivity contribution in [2.24, 2.45) is 0 Å². The van der Waals surface area contributed by atoms with Crippen LogP contribution >= 0.6 is 11.6 Å². The first-order valence-electron chi connectivity index (χ1n) is 4.15. The van der Waals surface area contributed by atoms with E-state index in [0.717, 1.165) is 6.07 Å². The average Bonchev–Trinajstić information content (AvgIpc) is 2.09. The zero-order valence-corrected chi connectivity index (χ0v) is 8.38. The maximum Gasteiger partial charge on any atom is 0.165 e. The maximum absolute atomic E-state index is 12.6. The van der Waals surface area contributed by atoms with E-state index in [9.17, 15) is 9.18 Å². The van der Waals surface area contributed by atoms with Gasteiger partial charge in [-0.15, -0.1) is 0 Å². The highest BCUT2D eigenvalue weighted by Gasteiger charge is 2.12. The molecule has 4 heteroatoms. The third-order valence-electron chi connectivity index (χ3n) is 1.85. The highest BCUT2D eigenvalue weighted by Crippen LogP contribution is 2.18. The van der Waals surface area contributed by atoms with Crippen molar-refractivity contribution in [3.8, 4) is 0 Å². The lowest BCUT2D eigenvalue weighted by Crippen LogP contribution is -2.18. The molecule has 0 heterocycles. The van der Waals surface area contributed by atoms with Crippen LogP contribution in [0.5, 0.6) is 0 Å². The second-order valence-electron chi connectivity index (χ2n) is 3.05. The lowest BCUT2D eigenvalue weighted by Gasteiger charge is -2.05. The van der Waals surface area contributed by atoms with Crippen LogP contribution in [-0.2, 0) is 11.2 Å². The SMILES string of the molecule is CC(O)C(=O)Cc1ccc(F)cc1Cl. The fourth-order valence-electron chi connectivity index (χ4n) is 1.00. The summed E-state index contributed by atoms with van der Waals surface area (Å²) in [4.78, 5) is 11.1. The van der Waals surface area contributed by atoms with Gasteiger partial charge in [0.05, 0.1) is 0 Å². The minimum absolute atomic E-state index is 0.0246. The molecular formula is C10H10ClFO2.